The van der Waals surface area contributed by atoms with Crippen LogP contribution in [0.15, 0.2) is 12.7 Å². The predicted molar refractivity (Wildman–Crippen MR) is 94.1 cm³/mol. The first-order chi connectivity index (χ1) is 11.6. The van der Waals surface area contributed by atoms with E-state index in [0.717, 1.165) is 12.8 Å². The Hall–Kier alpha value is -0.500. The zero-order valence-electron chi connectivity index (χ0n) is 16.2. The Morgan fingerprint density at radius 3 is 2.16 bits per heavy atom. The average molecular weight is 358 g/mol. The van der Waals surface area contributed by atoms with Crippen LogP contribution in [0.25, 0.3) is 0 Å². The van der Waals surface area contributed by atoms with Crippen LogP contribution in [0.2, 0.25) is 0 Å². The van der Waals surface area contributed by atoms with Gasteiger partial charge in [0.2, 0.25) is 0 Å². The molecule has 6 nitrogen and oxygen atoms in total. The van der Waals surface area contributed by atoms with Crippen LogP contribution in [0.1, 0.15) is 47.5 Å². The van der Waals surface area contributed by atoms with Crippen molar-refractivity contribution in [3.8, 4) is 0 Å². The number of aliphatic hydroxyl groups excluding tert-OH is 1. The average Bonchev–Trinajstić information content (AvgIpc) is 3.07. The topological polar surface area (TPSA) is 66.4 Å². The second-order valence-corrected chi connectivity index (χ2v) is 7.99. The van der Waals surface area contributed by atoms with Crippen LogP contribution in [-0.2, 0) is 23.7 Å². The number of ether oxygens (including phenoxy) is 5. The maximum absolute atomic E-state index is 10.9. The summed E-state index contributed by atoms with van der Waals surface area (Å²) in [4.78, 5) is 0. The minimum atomic E-state index is -0.851. The van der Waals surface area contributed by atoms with Crippen molar-refractivity contribution < 1.29 is 28.8 Å². The molecule has 25 heavy (non-hydrogen) atoms. The van der Waals surface area contributed by atoms with E-state index in [-0.39, 0.29) is 6.10 Å². The highest BCUT2D eigenvalue weighted by atomic mass is 16.8. The van der Waals surface area contributed by atoms with Gasteiger partial charge in [-0.15, -0.1) is 6.58 Å². The molecule has 0 aromatic rings. The lowest BCUT2D eigenvalue weighted by Gasteiger charge is -2.32. The van der Waals surface area contributed by atoms with Crippen molar-refractivity contribution >= 4 is 0 Å². The van der Waals surface area contributed by atoms with Gasteiger partial charge in [-0.1, -0.05) is 13.0 Å². The van der Waals surface area contributed by atoms with E-state index >= 15 is 0 Å². The minimum absolute atomic E-state index is 0.330. The fraction of sp³-hybridized carbons (Fsp3) is 0.895. The third-order valence-corrected chi connectivity index (χ3v) is 4.58. The van der Waals surface area contributed by atoms with Gasteiger partial charge in [-0.25, -0.2) is 0 Å². The molecule has 0 saturated carbocycles. The van der Waals surface area contributed by atoms with Crippen LogP contribution >= 0.6 is 0 Å². The second-order valence-electron chi connectivity index (χ2n) is 7.99. The number of allylic oxidation sites excluding steroid dienone is 1. The Morgan fingerprint density at radius 2 is 1.68 bits per heavy atom. The van der Waals surface area contributed by atoms with Crippen molar-refractivity contribution in [1.29, 1.82) is 0 Å². The van der Waals surface area contributed by atoms with Gasteiger partial charge >= 0.3 is 0 Å². The summed E-state index contributed by atoms with van der Waals surface area (Å²) in [5.41, 5.74) is 0. The van der Waals surface area contributed by atoms with E-state index in [1.165, 1.54) is 0 Å². The molecule has 0 aromatic heterocycles. The molecule has 2 heterocycles. The van der Waals surface area contributed by atoms with E-state index < -0.39 is 29.9 Å². The number of hydrogen-bond donors (Lipinski definition) is 1. The maximum Gasteiger partial charge on any atom is 0.163 e. The van der Waals surface area contributed by atoms with Gasteiger partial charge < -0.3 is 28.8 Å². The summed E-state index contributed by atoms with van der Waals surface area (Å²) < 4.78 is 29.1. The summed E-state index contributed by atoms with van der Waals surface area (Å²) in [5, 5.41) is 10.9. The van der Waals surface area contributed by atoms with Gasteiger partial charge in [-0.2, -0.15) is 0 Å². The fourth-order valence-electron chi connectivity index (χ4n) is 3.16. The van der Waals surface area contributed by atoms with E-state index in [0.29, 0.717) is 25.7 Å². The van der Waals surface area contributed by atoms with Crippen LogP contribution in [-0.4, -0.2) is 60.9 Å². The lowest BCUT2D eigenvalue weighted by Crippen LogP contribution is -2.49. The molecule has 0 bridgehead atoms. The van der Waals surface area contributed by atoms with Crippen molar-refractivity contribution in [2.24, 2.45) is 5.92 Å². The highest BCUT2D eigenvalue weighted by Gasteiger charge is 2.46. The fourth-order valence-corrected chi connectivity index (χ4v) is 3.16. The zero-order valence-corrected chi connectivity index (χ0v) is 16.2. The van der Waals surface area contributed by atoms with Gasteiger partial charge in [-0.05, 0) is 46.5 Å². The summed E-state index contributed by atoms with van der Waals surface area (Å²) in [6.45, 7) is 14.5. The lowest BCUT2D eigenvalue weighted by atomic mass is 10.0. The van der Waals surface area contributed by atoms with Gasteiger partial charge in [-0.3, -0.25) is 0 Å². The third-order valence-electron chi connectivity index (χ3n) is 4.58. The molecule has 1 N–H and O–H groups in total. The van der Waals surface area contributed by atoms with Gasteiger partial charge in [0.25, 0.3) is 0 Å². The molecule has 0 spiro atoms. The smallest absolute Gasteiger partial charge is 0.163 e. The monoisotopic (exact) mass is 358 g/mol. The lowest BCUT2D eigenvalue weighted by molar-refractivity contribution is -0.195. The quantitative estimate of drug-likeness (QED) is 0.639. The molecule has 5 atom stereocenters. The molecule has 2 fully saturated rings. The van der Waals surface area contributed by atoms with Gasteiger partial charge in [0.05, 0.1) is 13.2 Å². The molecule has 2 rings (SSSR count). The van der Waals surface area contributed by atoms with E-state index in [9.17, 15) is 5.11 Å². The molecule has 2 aliphatic heterocycles. The normalized spacial score (nSPS) is 31.6. The summed E-state index contributed by atoms with van der Waals surface area (Å²) in [6, 6.07) is 0. The number of hydrogen-bond acceptors (Lipinski definition) is 6. The van der Waals surface area contributed by atoms with E-state index in [2.05, 4.69) is 13.5 Å². The zero-order chi connectivity index (χ0) is 18.7. The SMILES string of the molecule is C=CCCC(C)CO[C@@H]([C@H](O)[C@H]1COC(C)(C)O1)[C@H]1COC(C)(C)O1. The van der Waals surface area contributed by atoms with E-state index in [1.54, 1.807) is 0 Å². The number of rotatable bonds is 9. The Kier molecular flexibility index (Phi) is 7.04. The highest BCUT2D eigenvalue weighted by Crippen LogP contribution is 2.31. The summed E-state index contributed by atoms with van der Waals surface area (Å²) in [5.74, 6) is -1.01. The van der Waals surface area contributed by atoms with Crippen molar-refractivity contribution in [3.63, 3.8) is 0 Å². The Morgan fingerprint density at radius 1 is 1.12 bits per heavy atom. The van der Waals surface area contributed by atoms with E-state index in [4.69, 9.17) is 23.7 Å². The molecular weight excluding hydrogens is 324 g/mol. The first-order valence-corrected chi connectivity index (χ1v) is 9.17. The summed E-state index contributed by atoms with van der Waals surface area (Å²) in [7, 11) is 0. The molecule has 0 radical (unpaired) electrons. The number of aliphatic hydroxyl groups is 1. The standard InChI is InChI=1S/C19H34O6/c1-7-8-9-13(2)10-21-17(15-12-23-19(5,6)25-15)16(20)14-11-22-18(3,4)24-14/h7,13-17,20H,1,8-12H2,2-6H3/t13?,14-,15-,16-,17-/m1/s1. The second kappa shape index (κ2) is 8.46. The first-order valence-electron chi connectivity index (χ1n) is 9.17. The predicted octanol–water partition coefficient (Wildman–Crippen LogP) is 2.64. The van der Waals surface area contributed by atoms with Crippen LogP contribution in [0.3, 0.4) is 0 Å². The summed E-state index contributed by atoms with van der Waals surface area (Å²) in [6.07, 6.45) is 1.67. The Labute approximate surface area is 151 Å². The van der Waals surface area contributed by atoms with Crippen molar-refractivity contribution in [2.45, 2.75) is 83.5 Å². The summed E-state index contributed by atoms with van der Waals surface area (Å²) >= 11 is 0. The molecule has 0 aliphatic carbocycles. The van der Waals surface area contributed by atoms with Crippen LogP contribution < -0.4 is 0 Å². The maximum atomic E-state index is 10.9. The van der Waals surface area contributed by atoms with E-state index in [1.807, 2.05) is 33.8 Å². The largest absolute Gasteiger partial charge is 0.387 e. The Bertz CT molecular complexity index is 436. The first kappa shape index (κ1) is 20.8. The minimum Gasteiger partial charge on any atom is -0.387 e. The molecule has 0 aromatic carbocycles. The van der Waals surface area contributed by atoms with Crippen molar-refractivity contribution in [3.05, 3.63) is 12.7 Å². The third kappa shape index (κ3) is 6.01. The Balaban J connectivity index is 2.00. The molecular formula is C19H34O6. The molecule has 146 valence electrons. The van der Waals surface area contributed by atoms with Crippen LogP contribution in [0.4, 0.5) is 0 Å². The van der Waals surface area contributed by atoms with Crippen molar-refractivity contribution in [2.75, 3.05) is 19.8 Å². The van der Waals surface area contributed by atoms with Gasteiger partial charge in [0, 0.05) is 6.61 Å². The van der Waals surface area contributed by atoms with Crippen molar-refractivity contribution in [1.82, 2.24) is 0 Å². The molecule has 6 heteroatoms. The molecule has 2 saturated heterocycles. The molecule has 0 amide bonds. The van der Waals surface area contributed by atoms with Crippen LogP contribution in [0, 0.1) is 5.92 Å². The van der Waals surface area contributed by atoms with Crippen LogP contribution in [0.5, 0.6) is 0 Å². The molecule has 1 unspecified atom stereocenters. The molecule has 2 aliphatic rings. The van der Waals surface area contributed by atoms with Gasteiger partial charge in [0.1, 0.15) is 24.4 Å². The van der Waals surface area contributed by atoms with Gasteiger partial charge in [0.15, 0.2) is 11.6 Å². The highest BCUT2D eigenvalue weighted by molar-refractivity contribution is 4.90.